The number of rotatable bonds is 13. The van der Waals surface area contributed by atoms with E-state index in [9.17, 15) is 9.90 Å². The van der Waals surface area contributed by atoms with Gasteiger partial charge in [-0.1, -0.05) is 119 Å². The van der Waals surface area contributed by atoms with Crippen LogP contribution in [-0.2, 0) is 33.0 Å². The molecule has 5 atom stereocenters. The Kier molecular flexibility index (Phi) is 12.2. The van der Waals surface area contributed by atoms with Crippen LogP contribution in [0.3, 0.4) is 0 Å². The Morgan fingerprint density at radius 3 is 2.28 bits per heavy atom. The number of aromatic nitrogens is 3. The summed E-state index contributed by atoms with van der Waals surface area (Å²) in [5, 5.41) is 24.2. The van der Waals surface area contributed by atoms with E-state index >= 15 is 4.79 Å². The van der Waals surface area contributed by atoms with Crippen molar-refractivity contribution in [3.05, 3.63) is 160 Å². The minimum Gasteiger partial charge on any atom is -0.497 e. The number of ether oxygens (including phenoxy) is 2. The Morgan fingerprint density at radius 2 is 1.60 bits per heavy atom. The first-order chi connectivity index (χ1) is 32.5. The van der Waals surface area contributed by atoms with E-state index in [4.69, 9.17) is 9.47 Å². The lowest BCUT2D eigenvalue weighted by atomic mass is 9.82. The molecular formula is C53H58BrN7O5Si. The molecule has 6 aromatic rings. The van der Waals surface area contributed by atoms with Crippen molar-refractivity contribution in [2.45, 2.75) is 81.1 Å². The molecule has 5 aromatic carbocycles. The monoisotopic (exact) mass is 979 g/mol. The number of piperidine rings is 1. The minimum atomic E-state index is -2.41. The van der Waals surface area contributed by atoms with Crippen LogP contribution in [0.2, 0.25) is 18.6 Å². The fraction of sp³-hybridized carbons (Fsp3) is 0.358. The smallest absolute Gasteiger partial charge is 0.264 e. The minimum absolute atomic E-state index is 0.0325. The van der Waals surface area contributed by atoms with E-state index in [2.05, 4.69) is 98.9 Å². The van der Waals surface area contributed by atoms with Crippen LogP contribution >= 0.6 is 15.9 Å². The van der Waals surface area contributed by atoms with Crippen LogP contribution in [0.1, 0.15) is 54.5 Å². The zero-order valence-corrected chi connectivity index (χ0v) is 41.1. The summed E-state index contributed by atoms with van der Waals surface area (Å²) in [7, 11) is -0.728. The number of hydrogen-bond donors (Lipinski definition) is 2. The summed E-state index contributed by atoms with van der Waals surface area (Å²) < 4.78 is 15.7. The van der Waals surface area contributed by atoms with Gasteiger partial charge in [0.05, 0.1) is 58.4 Å². The number of para-hydroxylation sites is 1. The van der Waals surface area contributed by atoms with Gasteiger partial charge in [-0.25, -0.2) is 0 Å². The number of aryl methyl sites for hydroxylation is 1. The van der Waals surface area contributed by atoms with Crippen molar-refractivity contribution in [2.75, 3.05) is 48.2 Å². The maximum atomic E-state index is 15.6. The van der Waals surface area contributed by atoms with Crippen LogP contribution < -0.4 is 29.9 Å². The predicted octanol–water partition coefficient (Wildman–Crippen LogP) is 7.96. The van der Waals surface area contributed by atoms with Crippen molar-refractivity contribution in [1.29, 1.82) is 0 Å². The summed E-state index contributed by atoms with van der Waals surface area (Å²) in [5.41, 5.74) is 4.44. The summed E-state index contributed by atoms with van der Waals surface area (Å²) in [4.78, 5) is 36.1. The van der Waals surface area contributed by atoms with Gasteiger partial charge in [-0.15, -0.1) is 5.10 Å². The van der Waals surface area contributed by atoms with Crippen molar-refractivity contribution in [3.63, 3.8) is 0 Å². The summed E-state index contributed by atoms with van der Waals surface area (Å²) >= 11 is 3.77. The zero-order chi connectivity index (χ0) is 46.5. The third kappa shape index (κ3) is 7.80. The van der Waals surface area contributed by atoms with Gasteiger partial charge in [-0.3, -0.25) is 19.2 Å². The molecular weight excluding hydrogens is 923 g/mol. The molecule has 4 aliphatic heterocycles. The molecule has 3 fully saturated rings. The molecule has 14 heteroatoms. The van der Waals surface area contributed by atoms with Crippen LogP contribution in [0.4, 0.5) is 17.1 Å². The van der Waals surface area contributed by atoms with E-state index in [0.717, 1.165) is 69.9 Å². The van der Waals surface area contributed by atoms with E-state index in [1.807, 2.05) is 106 Å². The van der Waals surface area contributed by atoms with Gasteiger partial charge in [0.15, 0.2) is 5.60 Å². The van der Waals surface area contributed by atoms with Crippen molar-refractivity contribution in [1.82, 2.24) is 20.3 Å². The van der Waals surface area contributed by atoms with Gasteiger partial charge in [0.25, 0.3) is 11.8 Å². The van der Waals surface area contributed by atoms with Gasteiger partial charge < -0.3 is 29.7 Å². The lowest BCUT2D eigenvalue weighted by Crippen LogP contribution is -2.55. The number of halogens is 1. The van der Waals surface area contributed by atoms with Gasteiger partial charge in [0.2, 0.25) is 0 Å². The molecule has 1 unspecified atom stereocenters. The van der Waals surface area contributed by atoms with Crippen LogP contribution in [0, 0.1) is 5.92 Å². The highest BCUT2D eigenvalue weighted by molar-refractivity contribution is 9.10. The molecule has 10 rings (SSSR count). The number of aliphatic hydroxyl groups excluding tert-OH is 1. The van der Waals surface area contributed by atoms with E-state index in [0.29, 0.717) is 31.9 Å². The van der Waals surface area contributed by atoms with E-state index in [1.54, 1.807) is 7.11 Å². The molecule has 0 saturated carbocycles. The van der Waals surface area contributed by atoms with Crippen molar-refractivity contribution in [2.24, 2.45) is 5.92 Å². The Balaban J connectivity index is 0.949. The molecule has 3 saturated heterocycles. The van der Waals surface area contributed by atoms with E-state index in [-0.39, 0.29) is 41.9 Å². The number of nitrogens with one attached hydrogen (secondary N) is 1. The highest BCUT2D eigenvalue weighted by Crippen LogP contribution is 2.60. The molecule has 346 valence electrons. The fourth-order valence-corrected chi connectivity index (χ4v) is 16.2. The van der Waals surface area contributed by atoms with Crippen molar-refractivity contribution in [3.8, 4) is 5.75 Å². The summed E-state index contributed by atoms with van der Waals surface area (Å²) in [6, 6.07) is 42.8. The highest BCUT2D eigenvalue weighted by atomic mass is 79.9. The lowest BCUT2D eigenvalue weighted by Gasteiger charge is -2.39. The first-order valence-corrected chi connectivity index (χ1v) is 27.3. The number of anilines is 3. The molecule has 0 bridgehead atoms. The second kappa shape index (κ2) is 18.1. The number of nitrogens with zero attached hydrogens (tertiary/aromatic N) is 6. The number of fused-ring (bicyclic) bond motifs is 2. The summed E-state index contributed by atoms with van der Waals surface area (Å²) in [6.45, 7) is 9.83. The first-order valence-electron chi connectivity index (χ1n) is 23.4. The number of hydrogen-bond acceptors (Lipinski definition) is 9. The number of methoxy groups -OCH3 is 1. The molecule has 67 heavy (non-hydrogen) atoms. The van der Waals surface area contributed by atoms with Gasteiger partial charge in [0.1, 0.15) is 11.3 Å². The second-order valence-electron chi connectivity index (χ2n) is 19.1. The average Bonchev–Trinajstić information content (AvgIpc) is 4.08. The third-order valence-electron chi connectivity index (χ3n) is 15.3. The number of amides is 2. The van der Waals surface area contributed by atoms with Crippen LogP contribution in [-0.4, -0.2) is 85.1 Å². The van der Waals surface area contributed by atoms with Crippen LogP contribution in [0.25, 0.3) is 0 Å². The van der Waals surface area contributed by atoms with E-state index in [1.165, 1.54) is 5.19 Å². The summed E-state index contributed by atoms with van der Waals surface area (Å²) in [5.74, 6) is 0.388. The standard InChI is InChI=1S/C53H58BrN7O5Si/c1-36-49(67(3,4)43-22-20-42(65-2)21-23-43)48(25-30-58-33-46(56-57-58)44(34-62)38-11-7-5-8-12-38)66-53(36)45-31-39(54)17-24-47(45)59(51(53)64)32-37-15-18-40(19-16-37)60-35-61(41-13-9-6-10-14-41)52(50(60)63)26-28-55-29-27-52/h5-24,31,33,36,44,48-49,55,62H,25-30,32,34-35H2,1-4H3/t36-,44?,48+,49-,53+/m0/s1. The fourth-order valence-electron chi connectivity index (χ4n) is 11.7. The summed E-state index contributed by atoms with van der Waals surface area (Å²) in [6.07, 6.45) is 3.72. The number of carbonyl (C=O) groups is 2. The Morgan fingerprint density at radius 1 is 0.896 bits per heavy atom. The maximum absolute atomic E-state index is 15.6. The normalized spacial score (nSPS) is 22.8. The lowest BCUT2D eigenvalue weighted by molar-refractivity contribution is -0.146. The Labute approximate surface area is 402 Å². The largest absolute Gasteiger partial charge is 0.497 e. The molecule has 2 N–H and O–H groups in total. The average molecular weight is 981 g/mol. The molecule has 0 aliphatic carbocycles. The third-order valence-corrected chi connectivity index (χ3v) is 20.1. The predicted molar refractivity (Wildman–Crippen MR) is 267 cm³/mol. The molecule has 0 radical (unpaired) electrons. The number of aliphatic hydroxyl groups is 1. The van der Waals surface area contributed by atoms with Gasteiger partial charge in [-0.05, 0) is 104 Å². The zero-order valence-electron chi connectivity index (χ0n) is 38.5. The van der Waals surface area contributed by atoms with Gasteiger partial charge in [0, 0.05) is 40.1 Å². The van der Waals surface area contributed by atoms with E-state index < -0.39 is 19.2 Å². The molecule has 12 nitrogen and oxygen atoms in total. The quantitative estimate of drug-likeness (QED) is 0.111. The molecule has 4 aliphatic rings. The Bertz CT molecular complexity index is 2730. The van der Waals surface area contributed by atoms with Crippen LogP contribution in [0.15, 0.2) is 138 Å². The van der Waals surface area contributed by atoms with Crippen molar-refractivity contribution >= 4 is 58.1 Å². The molecule has 1 aromatic heterocycles. The first kappa shape index (κ1) is 45.2. The SMILES string of the molecule is COc1ccc([Si](C)(C)[C@@H]2[C@@H](CCn3cc(C(CO)c4ccccc4)nn3)O[C@]3(C(=O)N(Cc4ccc(N5CN(c6ccccc6)C6(CCNCC6)C5=O)cc4)c4ccc(Br)cc43)[C@H]2C)cc1. The van der Waals surface area contributed by atoms with Crippen molar-refractivity contribution < 1.29 is 24.2 Å². The number of carbonyl (C=O) groups excluding carboxylic acids is 2. The van der Waals surface area contributed by atoms with Gasteiger partial charge in [-0.2, -0.15) is 0 Å². The highest BCUT2D eigenvalue weighted by Gasteiger charge is 2.66. The molecule has 2 spiro atoms. The second-order valence-corrected chi connectivity index (χ2v) is 24.7. The topological polar surface area (TPSA) is 125 Å². The molecule has 5 heterocycles. The maximum Gasteiger partial charge on any atom is 0.264 e. The Hall–Kier alpha value is -5.64. The number of benzene rings is 5. The van der Waals surface area contributed by atoms with Gasteiger partial charge >= 0.3 is 0 Å². The van der Waals surface area contributed by atoms with Crippen LogP contribution in [0.5, 0.6) is 5.75 Å². The molecule has 2 amide bonds.